The number of aryl methyl sites for hydroxylation is 1. The minimum Gasteiger partial charge on any atom is -0.353 e. The summed E-state index contributed by atoms with van der Waals surface area (Å²) in [6, 6.07) is 7.58. The third-order valence-electron chi connectivity index (χ3n) is 5.81. The molecule has 1 aromatic carbocycles. The van der Waals surface area contributed by atoms with Gasteiger partial charge < -0.3 is 16.0 Å². The molecule has 1 aliphatic carbocycles. The Hall–Kier alpha value is -3.75. The number of carbonyl (C=O) groups is 2. The Morgan fingerprint density at radius 3 is 2.73 bits per heavy atom. The number of halogens is 1. The smallest absolute Gasteiger partial charge is 0.252 e. The molecule has 8 nitrogen and oxygen atoms in total. The highest BCUT2D eigenvalue weighted by Gasteiger charge is 2.27. The van der Waals surface area contributed by atoms with Gasteiger partial charge in [0.05, 0.1) is 23.8 Å². The molecule has 0 spiro atoms. The number of pyridine rings is 1. The Morgan fingerprint density at radius 2 is 2.00 bits per heavy atom. The maximum absolute atomic E-state index is 13.9. The molecule has 2 heterocycles. The lowest BCUT2D eigenvalue weighted by Crippen LogP contribution is -2.44. The van der Waals surface area contributed by atoms with Gasteiger partial charge in [-0.25, -0.2) is 4.39 Å². The average Bonchev–Trinajstić information content (AvgIpc) is 3.46. The van der Waals surface area contributed by atoms with Gasteiger partial charge in [0.15, 0.2) is 5.82 Å². The fourth-order valence-corrected chi connectivity index (χ4v) is 4.14. The summed E-state index contributed by atoms with van der Waals surface area (Å²) in [5.74, 6) is -0.719. The summed E-state index contributed by atoms with van der Waals surface area (Å²) in [7, 11) is 1.77. The van der Waals surface area contributed by atoms with E-state index in [1.54, 1.807) is 48.4 Å². The molecule has 33 heavy (non-hydrogen) atoms. The third-order valence-corrected chi connectivity index (χ3v) is 5.81. The van der Waals surface area contributed by atoms with Crippen molar-refractivity contribution in [3.63, 3.8) is 0 Å². The van der Waals surface area contributed by atoms with Crippen LogP contribution in [0.1, 0.15) is 42.5 Å². The van der Waals surface area contributed by atoms with E-state index in [1.165, 1.54) is 12.3 Å². The first-order valence-electron chi connectivity index (χ1n) is 11.0. The van der Waals surface area contributed by atoms with Gasteiger partial charge in [-0.2, -0.15) is 5.10 Å². The van der Waals surface area contributed by atoms with Crippen LogP contribution in [0.3, 0.4) is 0 Å². The fraction of sp³-hybridized carbons (Fsp3) is 0.333. The molecule has 1 atom stereocenters. The lowest BCUT2D eigenvalue weighted by Gasteiger charge is -2.21. The van der Waals surface area contributed by atoms with E-state index in [2.05, 4.69) is 26.0 Å². The number of amides is 2. The molecule has 0 saturated heterocycles. The van der Waals surface area contributed by atoms with E-state index in [0.29, 0.717) is 29.3 Å². The van der Waals surface area contributed by atoms with Gasteiger partial charge in [-0.3, -0.25) is 19.3 Å². The molecule has 4 rings (SSSR count). The van der Waals surface area contributed by atoms with Crippen molar-refractivity contribution < 1.29 is 14.0 Å². The molecule has 0 unspecified atom stereocenters. The van der Waals surface area contributed by atoms with Crippen LogP contribution in [0.2, 0.25) is 0 Å². The summed E-state index contributed by atoms with van der Waals surface area (Å²) < 4.78 is 15.5. The second kappa shape index (κ2) is 10.2. The van der Waals surface area contributed by atoms with E-state index in [9.17, 15) is 14.0 Å². The lowest BCUT2D eigenvalue weighted by molar-refractivity contribution is -0.118. The highest BCUT2D eigenvalue weighted by Crippen LogP contribution is 2.29. The number of hydrogen-bond donors (Lipinski definition) is 3. The molecule has 1 saturated carbocycles. The second-order valence-corrected chi connectivity index (χ2v) is 8.37. The summed E-state index contributed by atoms with van der Waals surface area (Å²) in [6.07, 6.45) is 10.9. The van der Waals surface area contributed by atoms with Gasteiger partial charge in [-0.1, -0.05) is 31.7 Å². The van der Waals surface area contributed by atoms with Gasteiger partial charge in [0.2, 0.25) is 5.91 Å². The zero-order valence-corrected chi connectivity index (χ0v) is 18.4. The van der Waals surface area contributed by atoms with Gasteiger partial charge in [0.1, 0.15) is 6.04 Å². The standard InChI is InChI=1S/C24H27FN6O2/c1-31-15-19(13-27-31)29-24(33)22(11-16-5-2-3-6-16)30-23(32)17-7-4-8-18(12-17)28-21-9-10-26-14-20(21)25/h4,7-10,12-16,22H,2-3,5-6,11H2,1H3,(H,26,28)(H,29,33)(H,30,32)/t22-/m0/s1. The number of benzene rings is 1. The van der Waals surface area contributed by atoms with Gasteiger partial charge in [-0.05, 0) is 36.6 Å². The fourth-order valence-electron chi connectivity index (χ4n) is 4.14. The molecule has 0 radical (unpaired) electrons. The quantitative estimate of drug-likeness (QED) is 0.481. The first-order chi connectivity index (χ1) is 16.0. The number of nitrogens with zero attached hydrogens (tertiary/aromatic N) is 3. The summed E-state index contributed by atoms with van der Waals surface area (Å²) in [4.78, 5) is 29.8. The molecule has 3 aromatic rings. The molecule has 9 heteroatoms. The largest absolute Gasteiger partial charge is 0.353 e. The van der Waals surface area contributed by atoms with Crippen molar-refractivity contribution in [3.05, 3.63) is 66.5 Å². The van der Waals surface area contributed by atoms with Crippen molar-refractivity contribution in [2.75, 3.05) is 10.6 Å². The lowest BCUT2D eigenvalue weighted by atomic mass is 9.97. The van der Waals surface area contributed by atoms with E-state index in [0.717, 1.165) is 31.9 Å². The van der Waals surface area contributed by atoms with Crippen LogP contribution in [-0.4, -0.2) is 32.6 Å². The van der Waals surface area contributed by atoms with Gasteiger partial charge in [0, 0.05) is 30.7 Å². The summed E-state index contributed by atoms with van der Waals surface area (Å²) in [5, 5.41) is 12.8. The Labute approximate surface area is 191 Å². The van der Waals surface area contributed by atoms with Crippen LogP contribution in [0.15, 0.2) is 55.1 Å². The van der Waals surface area contributed by atoms with E-state index < -0.39 is 11.9 Å². The number of rotatable bonds is 8. The van der Waals surface area contributed by atoms with Crippen LogP contribution in [-0.2, 0) is 11.8 Å². The van der Waals surface area contributed by atoms with Crippen molar-refractivity contribution in [1.82, 2.24) is 20.1 Å². The van der Waals surface area contributed by atoms with Crippen LogP contribution in [0.5, 0.6) is 0 Å². The molecule has 172 valence electrons. The van der Waals surface area contributed by atoms with Crippen LogP contribution in [0.25, 0.3) is 0 Å². The normalized spacial score (nSPS) is 14.6. The van der Waals surface area contributed by atoms with Crippen LogP contribution < -0.4 is 16.0 Å². The van der Waals surface area contributed by atoms with Crippen molar-refractivity contribution in [2.24, 2.45) is 13.0 Å². The van der Waals surface area contributed by atoms with Crippen LogP contribution in [0.4, 0.5) is 21.5 Å². The predicted molar refractivity (Wildman–Crippen MR) is 124 cm³/mol. The number of aromatic nitrogens is 3. The molecule has 1 fully saturated rings. The van der Waals surface area contributed by atoms with Crippen molar-refractivity contribution >= 4 is 28.9 Å². The highest BCUT2D eigenvalue weighted by atomic mass is 19.1. The van der Waals surface area contributed by atoms with Crippen molar-refractivity contribution in [3.8, 4) is 0 Å². The Balaban J connectivity index is 1.47. The van der Waals surface area contributed by atoms with Crippen LogP contribution >= 0.6 is 0 Å². The summed E-state index contributed by atoms with van der Waals surface area (Å²) in [6.45, 7) is 0. The van der Waals surface area contributed by atoms with E-state index in [-0.39, 0.29) is 17.5 Å². The van der Waals surface area contributed by atoms with Crippen molar-refractivity contribution in [1.29, 1.82) is 0 Å². The molecule has 3 N–H and O–H groups in total. The Morgan fingerprint density at radius 1 is 1.18 bits per heavy atom. The topological polar surface area (TPSA) is 101 Å². The van der Waals surface area contributed by atoms with Gasteiger partial charge >= 0.3 is 0 Å². The Bertz CT molecular complexity index is 1130. The zero-order valence-electron chi connectivity index (χ0n) is 18.4. The molecule has 2 aromatic heterocycles. The maximum atomic E-state index is 13.9. The Kier molecular flexibility index (Phi) is 6.97. The monoisotopic (exact) mass is 450 g/mol. The van der Waals surface area contributed by atoms with E-state index >= 15 is 0 Å². The summed E-state index contributed by atoms with van der Waals surface area (Å²) >= 11 is 0. The van der Waals surface area contributed by atoms with Gasteiger partial charge in [-0.15, -0.1) is 0 Å². The first-order valence-corrected chi connectivity index (χ1v) is 11.0. The minimum atomic E-state index is -0.671. The molecule has 0 aliphatic heterocycles. The zero-order chi connectivity index (χ0) is 23.2. The maximum Gasteiger partial charge on any atom is 0.252 e. The number of anilines is 3. The summed E-state index contributed by atoms with van der Waals surface area (Å²) in [5.41, 5.74) is 1.77. The van der Waals surface area contributed by atoms with E-state index in [4.69, 9.17) is 0 Å². The number of hydrogen-bond acceptors (Lipinski definition) is 5. The molecule has 1 aliphatic rings. The SMILES string of the molecule is Cn1cc(NC(=O)[C@H](CC2CCCC2)NC(=O)c2cccc(Nc3ccncc3F)c2)cn1. The molecule has 0 bridgehead atoms. The van der Waals surface area contributed by atoms with Crippen LogP contribution in [0, 0.1) is 11.7 Å². The third kappa shape index (κ3) is 5.94. The second-order valence-electron chi connectivity index (χ2n) is 8.37. The minimum absolute atomic E-state index is 0.262. The molecular weight excluding hydrogens is 423 g/mol. The van der Waals surface area contributed by atoms with E-state index in [1.807, 2.05) is 0 Å². The average molecular weight is 451 g/mol. The van der Waals surface area contributed by atoms with Gasteiger partial charge in [0.25, 0.3) is 5.91 Å². The number of carbonyl (C=O) groups excluding carboxylic acids is 2. The number of nitrogens with one attached hydrogen (secondary N) is 3. The predicted octanol–water partition coefficient (Wildman–Crippen LogP) is 4.02. The van der Waals surface area contributed by atoms with Crippen molar-refractivity contribution in [2.45, 2.75) is 38.1 Å². The molecule has 2 amide bonds. The molecular formula is C24H27FN6O2. The first kappa shape index (κ1) is 22.4. The highest BCUT2D eigenvalue weighted by molar-refractivity contribution is 6.01.